The number of carbonyl (C=O) groups excluding carboxylic acids is 1. The largest absolute Gasteiger partial charge is 0.388 e. The van der Waals surface area contributed by atoms with E-state index in [1.165, 1.54) is 28.6 Å². The van der Waals surface area contributed by atoms with E-state index in [0.717, 1.165) is 0 Å². The molecule has 1 aromatic heterocycles. The second-order valence-electron chi connectivity index (χ2n) is 4.24. The molecule has 2 unspecified atom stereocenters. The van der Waals surface area contributed by atoms with E-state index in [2.05, 4.69) is 0 Å². The Morgan fingerprint density at radius 1 is 1.39 bits per heavy atom. The Hall–Kier alpha value is -1.93. The average Bonchev–Trinajstić information content (AvgIpc) is 2.82. The third-order valence-corrected chi connectivity index (χ3v) is 3.05. The first-order valence-electron chi connectivity index (χ1n) is 5.37. The van der Waals surface area contributed by atoms with Crippen LogP contribution in [-0.2, 0) is 7.05 Å². The number of nitro groups is 1. The number of aromatic nitrogens is 1. The number of carbonyl (C=O) groups is 1. The number of likely N-dealkylation sites (tertiary alicyclic amines) is 1. The van der Waals surface area contributed by atoms with Gasteiger partial charge in [0.2, 0.25) is 0 Å². The highest BCUT2D eigenvalue weighted by Crippen LogP contribution is 2.19. The minimum atomic E-state index is -0.968. The molecular weight excluding hydrogens is 242 g/mol. The summed E-state index contributed by atoms with van der Waals surface area (Å²) in [6.07, 6.45) is -1.94. The summed E-state index contributed by atoms with van der Waals surface area (Å²) in [5.74, 6) is -0.625. The number of rotatable bonds is 2. The molecule has 1 fully saturated rings. The van der Waals surface area contributed by atoms with Gasteiger partial charge in [0, 0.05) is 19.2 Å². The van der Waals surface area contributed by atoms with Crippen LogP contribution in [0.25, 0.3) is 0 Å². The summed E-state index contributed by atoms with van der Waals surface area (Å²) in [6, 6.07) is 2.60. The Balaban J connectivity index is 2.22. The third kappa shape index (κ3) is 1.95. The molecule has 1 saturated heterocycles. The summed E-state index contributed by atoms with van der Waals surface area (Å²) in [5.41, 5.74) is 0.156. The van der Waals surface area contributed by atoms with Gasteiger partial charge >= 0.3 is 5.82 Å². The van der Waals surface area contributed by atoms with E-state index in [1.54, 1.807) is 0 Å². The maximum atomic E-state index is 12.1. The van der Waals surface area contributed by atoms with Crippen LogP contribution in [0.5, 0.6) is 0 Å². The summed E-state index contributed by atoms with van der Waals surface area (Å²) in [7, 11) is 1.42. The Morgan fingerprint density at radius 2 is 1.94 bits per heavy atom. The van der Waals surface area contributed by atoms with Crippen LogP contribution in [0.15, 0.2) is 12.1 Å². The molecule has 8 heteroatoms. The highest BCUT2D eigenvalue weighted by Gasteiger charge is 2.35. The highest BCUT2D eigenvalue weighted by molar-refractivity contribution is 5.93. The predicted molar refractivity (Wildman–Crippen MR) is 60.0 cm³/mol. The van der Waals surface area contributed by atoms with Crippen molar-refractivity contribution in [1.29, 1.82) is 0 Å². The van der Waals surface area contributed by atoms with Gasteiger partial charge in [0.25, 0.3) is 5.91 Å². The normalized spacial score (nSPS) is 23.4. The maximum absolute atomic E-state index is 12.1. The molecule has 0 aromatic carbocycles. The second kappa shape index (κ2) is 4.39. The van der Waals surface area contributed by atoms with Crippen LogP contribution < -0.4 is 0 Å². The van der Waals surface area contributed by atoms with Crippen molar-refractivity contribution in [1.82, 2.24) is 9.47 Å². The van der Waals surface area contributed by atoms with Crippen LogP contribution in [-0.4, -0.2) is 55.8 Å². The number of nitrogens with zero attached hydrogens (tertiary/aromatic N) is 3. The van der Waals surface area contributed by atoms with Crippen LogP contribution >= 0.6 is 0 Å². The lowest BCUT2D eigenvalue weighted by Crippen LogP contribution is -2.31. The van der Waals surface area contributed by atoms with Gasteiger partial charge in [0.05, 0.1) is 19.3 Å². The van der Waals surface area contributed by atoms with Crippen LogP contribution in [0.1, 0.15) is 10.5 Å². The maximum Gasteiger partial charge on any atom is 0.323 e. The fourth-order valence-electron chi connectivity index (χ4n) is 2.00. The summed E-state index contributed by atoms with van der Waals surface area (Å²) in [4.78, 5) is 23.4. The monoisotopic (exact) mass is 255 g/mol. The Labute approximate surface area is 102 Å². The van der Waals surface area contributed by atoms with Crippen LogP contribution in [0, 0.1) is 10.1 Å². The van der Waals surface area contributed by atoms with Gasteiger partial charge in [-0.3, -0.25) is 4.79 Å². The smallest absolute Gasteiger partial charge is 0.323 e. The van der Waals surface area contributed by atoms with E-state index in [1.807, 2.05) is 0 Å². The van der Waals surface area contributed by atoms with Crippen molar-refractivity contribution in [3.05, 3.63) is 27.9 Å². The molecule has 0 saturated carbocycles. The quantitative estimate of drug-likeness (QED) is 0.526. The number of hydrogen-bond donors (Lipinski definition) is 2. The van der Waals surface area contributed by atoms with Gasteiger partial charge in [-0.15, -0.1) is 0 Å². The van der Waals surface area contributed by atoms with Crippen molar-refractivity contribution in [3.63, 3.8) is 0 Å². The first-order chi connectivity index (χ1) is 8.41. The van der Waals surface area contributed by atoms with E-state index in [9.17, 15) is 25.1 Å². The van der Waals surface area contributed by atoms with Gasteiger partial charge in [-0.2, -0.15) is 0 Å². The molecule has 1 amide bonds. The van der Waals surface area contributed by atoms with Crippen molar-refractivity contribution < 1.29 is 19.9 Å². The molecule has 2 N–H and O–H groups in total. The van der Waals surface area contributed by atoms with E-state index < -0.39 is 23.0 Å². The molecule has 0 radical (unpaired) electrons. The molecule has 2 heterocycles. The Bertz CT molecular complexity index is 488. The average molecular weight is 255 g/mol. The lowest BCUT2D eigenvalue weighted by Gasteiger charge is -2.13. The molecular formula is C10H13N3O5. The number of aliphatic hydroxyl groups excluding tert-OH is 2. The fourth-order valence-corrected chi connectivity index (χ4v) is 2.00. The number of aliphatic hydroxyl groups is 2. The van der Waals surface area contributed by atoms with Crippen molar-refractivity contribution >= 4 is 11.7 Å². The van der Waals surface area contributed by atoms with E-state index in [-0.39, 0.29) is 24.6 Å². The first kappa shape index (κ1) is 12.5. The summed E-state index contributed by atoms with van der Waals surface area (Å²) in [5, 5.41) is 29.4. The zero-order valence-corrected chi connectivity index (χ0v) is 9.68. The van der Waals surface area contributed by atoms with Crippen molar-refractivity contribution in [2.45, 2.75) is 12.2 Å². The zero-order valence-electron chi connectivity index (χ0n) is 9.68. The molecule has 18 heavy (non-hydrogen) atoms. The van der Waals surface area contributed by atoms with Gasteiger partial charge in [-0.25, -0.2) is 4.57 Å². The lowest BCUT2D eigenvalue weighted by molar-refractivity contribution is -0.391. The standard InChI is InChI=1S/C10H13N3O5/c1-11-6(2-3-9(11)13(17)18)10(16)12-4-7(14)8(15)5-12/h2-3,7-8,14-15H,4-5H2,1H3. The fraction of sp³-hybridized carbons (Fsp3) is 0.500. The zero-order chi connectivity index (χ0) is 13.4. The van der Waals surface area contributed by atoms with Gasteiger partial charge < -0.3 is 25.2 Å². The van der Waals surface area contributed by atoms with Crippen LogP contribution in [0.4, 0.5) is 5.82 Å². The number of amides is 1. The summed E-state index contributed by atoms with van der Waals surface area (Å²) < 4.78 is 1.18. The molecule has 0 aliphatic carbocycles. The molecule has 8 nitrogen and oxygen atoms in total. The predicted octanol–water partition coefficient (Wildman–Crippen LogP) is -0.889. The van der Waals surface area contributed by atoms with Crippen LogP contribution in [0.2, 0.25) is 0 Å². The highest BCUT2D eigenvalue weighted by atomic mass is 16.6. The first-order valence-corrected chi connectivity index (χ1v) is 5.37. The topological polar surface area (TPSA) is 109 Å². The molecule has 1 aromatic rings. The second-order valence-corrected chi connectivity index (χ2v) is 4.24. The van der Waals surface area contributed by atoms with Crippen molar-refractivity contribution in [2.24, 2.45) is 7.05 Å². The van der Waals surface area contributed by atoms with Gasteiger partial charge in [0.1, 0.15) is 0 Å². The SMILES string of the molecule is Cn1c(C(=O)N2CC(O)C(O)C2)ccc1[N+](=O)[O-]. The van der Waals surface area contributed by atoms with Crippen molar-refractivity contribution in [3.8, 4) is 0 Å². The Morgan fingerprint density at radius 3 is 2.39 bits per heavy atom. The molecule has 2 atom stereocenters. The Kier molecular flexibility index (Phi) is 3.05. The summed E-state index contributed by atoms with van der Waals surface area (Å²) >= 11 is 0. The minimum Gasteiger partial charge on any atom is -0.388 e. The lowest BCUT2D eigenvalue weighted by atomic mass is 10.3. The molecule has 2 rings (SSSR count). The van der Waals surface area contributed by atoms with E-state index >= 15 is 0 Å². The summed E-state index contributed by atoms with van der Waals surface area (Å²) in [6.45, 7) is 0.0535. The van der Waals surface area contributed by atoms with E-state index in [4.69, 9.17) is 0 Å². The number of hydrogen-bond acceptors (Lipinski definition) is 5. The van der Waals surface area contributed by atoms with Crippen molar-refractivity contribution in [2.75, 3.05) is 13.1 Å². The number of β-amino-alcohol motifs (C(OH)–C–C–N with tert-alkyl or cyclic N) is 2. The molecule has 0 spiro atoms. The van der Waals surface area contributed by atoms with Gasteiger partial charge in [-0.05, 0) is 11.0 Å². The third-order valence-electron chi connectivity index (χ3n) is 3.05. The van der Waals surface area contributed by atoms with E-state index in [0.29, 0.717) is 0 Å². The minimum absolute atomic E-state index is 0.0268. The van der Waals surface area contributed by atoms with Crippen LogP contribution in [0.3, 0.4) is 0 Å². The molecule has 98 valence electrons. The molecule has 0 bridgehead atoms. The van der Waals surface area contributed by atoms with Gasteiger partial charge in [0.15, 0.2) is 5.69 Å². The van der Waals surface area contributed by atoms with Gasteiger partial charge in [-0.1, -0.05) is 0 Å². The molecule has 1 aliphatic heterocycles. The molecule has 1 aliphatic rings.